The molecule has 11 heavy (non-hydrogen) atoms. The fourth-order valence-corrected chi connectivity index (χ4v) is 1.16. The Bertz CT molecular complexity index is 259. The lowest BCUT2D eigenvalue weighted by Crippen LogP contribution is -1.92. The van der Waals surface area contributed by atoms with Gasteiger partial charge in [-0.3, -0.25) is 9.89 Å². The Morgan fingerprint density at radius 1 is 1.82 bits per heavy atom. The molecule has 1 rings (SSSR count). The average Bonchev–Trinajstić information content (AvgIpc) is 2.33. The molecule has 60 valence electrons. The molecule has 1 aromatic rings. The molecular formula is C6H7BrN2O2. The first-order chi connectivity index (χ1) is 5.29. The summed E-state index contributed by atoms with van der Waals surface area (Å²) in [5.74, 6) is 0. The highest BCUT2D eigenvalue weighted by molar-refractivity contribution is 9.10. The molecule has 0 spiro atoms. The highest BCUT2D eigenvalue weighted by Crippen LogP contribution is 2.15. The van der Waals surface area contributed by atoms with E-state index in [4.69, 9.17) is 4.74 Å². The predicted molar refractivity (Wildman–Crippen MR) is 42.4 cm³/mol. The molecule has 0 aromatic carbocycles. The summed E-state index contributed by atoms with van der Waals surface area (Å²) in [7, 11) is 1.56. The Balaban J connectivity index is 2.95. The van der Waals surface area contributed by atoms with E-state index in [1.54, 1.807) is 7.11 Å². The minimum Gasteiger partial charge on any atom is -0.378 e. The molecule has 1 heterocycles. The zero-order chi connectivity index (χ0) is 8.27. The summed E-state index contributed by atoms with van der Waals surface area (Å²) in [5, 5.41) is 6.46. The Morgan fingerprint density at radius 3 is 3.09 bits per heavy atom. The van der Waals surface area contributed by atoms with Gasteiger partial charge in [0.25, 0.3) is 0 Å². The number of aromatic amines is 1. The highest BCUT2D eigenvalue weighted by atomic mass is 79.9. The normalized spacial score (nSPS) is 10.0. The number of H-pyrrole nitrogens is 1. The molecule has 0 bridgehead atoms. The molecule has 0 radical (unpaired) electrons. The summed E-state index contributed by atoms with van der Waals surface area (Å²) >= 11 is 3.12. The molecule has 0 aliphatic heterocycles. The summed E-state index contributed by atoms with van der Waals surface area (Å²) < 4.78 is 5.36. The summed E-state index contributed by atoms with van der Waals surface area (Å²) in [6, 6.07) is 0. The van der Waals surface area contributed by atoms with Gasteiger partial charge in [0.2, 0.25) is 0 Å². The van der Waals surface area contributed by atoms with E-state index in [-0.39, 0.29) is 0 Å². The maximum Gasteiger partial charge on any atom is 0.154 e. The van der Waals surface area contributed by atoms with Crippen molar-refractivity contribution in [3.05, 3.63) is 15.9 Å². The molecule has 1 N–H and O–H groups in total. The van der Waals surface area contributed by atoms with E-state index in [1.165, 1.54) is 0 Å². The van der Waals surface area contributed by atoms with Crippen LogP contribution in [0.3, 0.4) is 0 Å². The second-order valence-corrected chi connectivity index (χ2v) is 2.71. The molecule has 0 aliphatic carbocycles. The smallest absolute Gasteiger partial charge is 0.154 e. The van der Waals surface area contributed by atoms with Crippen LogP contribution in [0.1, 0.15) is 16.1 Å². The molecule has 0 atom stereocenters. The van der Waals surface area contributed by atoms with E-state index in [0.717, 1.165) is 6.29 Å². The molecular weight excluding hydrogens is 212 g/mol. The zero-order valence-corrected chi connectivity index (χ0v) is 7.51. The van der Waals surface area contributed by atoms with Gasteiger partial charge in [-0.15, -0.1) is 0 Å². The Labute approximate surface area is 72.1 Å². The van der Waals surface area contributed by atoms with Crippen LogP contribution >= 0.6 is 15.9 Å². The predicted octanol–water partition coefficient (Wildman–Crippen LogP) is 1.13. The lowest BCUT2D eigenvalue weighted by molar-refractivity contribution is 0.111. The standard InChI is InChI=1S/C6H7BrN2O2/c1-11-3-5-4(2-10)6(7)9-8-5/h2H,3H2,1H3,(H,8,9). The van der Waals surface area contributed by atoms with Crippen molar-refractivity contribution >= 4 is 22.2 Å². The van der Waals surface area contributed by atoms with Crippen molar-refractivity contribution in [3.8, 4) is 0 Å². The molecule has 0 fully saturated rings. The van der Waals surface area contributed by atoms with E-state index in [9.17, 15) is 4.79 Å². The Hall–Kier alpha value is -0.680. The number of halogens is 1. The number of ether oxygens (including phenoxy) is 1. The first-order valence-corrected chi connectivity index (χ1v) is 3.75. The van der Waals surface area contributed by atoms with Crippen molar-refractivity contribution in [3.63, 3.8) is 0 Å². The van der Waals surface area contributed by atoms with E-state index in [0.29, 0.717) is 22.5 Å². The number of nitrogens with zero attached hydrogens (tertiary/aromatic N) is 1. The second kappa shape index (κ2) is 3.64. The largest absolute Gasteiger partial charge is 0.378 e. The zero-order valence-electron chi connectivity index (χ0n) is 5.93. The van der Waals surface area contributed by atoms with Gasteiger partial charge in [-0.05, 0) is 15.9 Å². The highest BCUT2D eigenvalue weighted by Gasteiger charge is 2.08. The third-order valence-corrected chi connectivity index (χ3v) is 1.85. The number of aldehydes is 1. The van der Waals surface area contributed by atoms with E-state index < -0.39 is 0 Å². The Morgan fingerprint density at radius 2 is 2.55 bits per heavy atom. The van der Waals surface area contributed by atoms with Crippen molar-refractivity contribution < 1.29 is 9.53 Å². The van der Waals surface area contributed by atoms with Gasteiger partial charge in [-0.2, -0.15) is 5.10 Å². The first kappa shape index (κ1) is 8.42. The lowest BCUT2D eigenvalue weighted by atomic mass is 10.3. The number of carbonyl (C=O) groups is 1. The van der Waals surface area contributed by atoms with Crippen molar-refractivity contribution in [2.24, 2.45) is 0 Å². The third-order valence-electron chi connectivity index (χ3n) is 1.24. The number of hydrogen-bond donors (Lipinski definition) is 1. The van der Waals surface area contributed by atoms with Gasteiger partial charge >= 0.3 is 0 Å². The number of rotatable bonds is 3. The molecule has 1 aromatic heterocycles. The molecule has 0 amide bonds. The van der Waals surface area contributed by atoms with Gasteiger partial charge in [0.05, 0.1) is 17.9 Å². The first-order valence-electron chi connectivity index (χ1n) is 2.96. The van der Waals surface area contributed by atoms with Crippen LogP contribution in [0.15, 0.2) is 4.60 Å². The maximum atomic E-state index is 10.4. The van der Waals surface area contributed by atoms with Crippen LogP contribution in [0.2, 0.25) is 0 Å². The maximum absolute atomic E-state index is 10.4. The van der Waals surface area contributed by atoms with Gasteiger partial charge in [-0.25, -0.2) is 0 Å². The monoisotopic (exact) mass is 218 g/mol. The molecule has 0 unspecified atom stereocenters. The van der Waals surface area contributed by atoms with E-state index in [1.807, 2.05) is 0 Å². The number of methoxy groups -OCH3 is 1. The number of nitrogens with one attached hydrogen (secondary N) is 1. The SMILES string of the molecule is COCc1[nH]nc(Br)c1C=O. The van der Waals surface area contributed by atoms with Crippen LogP contribution in [-0.2, 0) is 11.3 Å². The van der Waals surface area contributed by atoms with Gasteiger partial charge < -0.3 is 4.74 Å². The van der Waals surface area contributed by atoms with Crippen LogP contribution in [0.25, 0.3) is 0 Å². The van der Waals surface area contributed by atoms with Crippen LogP contribution < -0.4 is 0 Å². The van der Waals surface area contributed by atoms with Crippen LogP contribution in [0.5, 0.6) is 0 Å². The number of carbonyl (C=O) groups excluding carboxylic acids is 1. The molecule has 0 saturated heterocycles. The molecule has 4 nitrogen and oxygen atoms in total. The van der Waals surface area contributed by atoms with Crippen LogP contribution in [-0.4, -0.2) is 23.6 Å². The summed E-state index contributed by atoms with van der Waals surface area (Å²) in [5.41, 5.74) is 1.21. The third kappa shape index (κ3) is 1.66. The van der Waals surface area contributed by atoms with Crippen molar-refractivity contribution in [1.29, 1.82) is 0 Å². The molecule has 5 heteroatoms. The second-order valence-electron chi connectivity index (χ2n) is 1.96. The minimum absolute atomic E-state index is 0.368. The topological polar surface area (TPSA) is 55.0 Å². The number of hydrogen-bond acceptors (Lipinski definition) is 3. The van der Waals surface area contributed by atoms with Gasteiger partial charge in [0, 0.05) is 7.11 Å². The van der Waals surface area contributed by atoms with Crippen molar-refractivity contribution in [1.82, 2.24) is 10.2 Å². The summed E-state index contributed by atoms with van der Waals surface area (Å²) in [6.45, 7) is 0.368. The fourth-order valence-electron chi connectivity index (χ4n) is 0.736. The summed E-state index contributed by atoms with van der Waals surface area (Å²) in [4.78, 5) is 10.4. The number of aromatic nitrogens is 2. The lowest BCUT2D eigenvalue weighted by Gasteiger charge is -1.93. The van der Waals surface area contributed by atoms with E-state index in [2.05, 4.69) is 26.1 Å². The average molecular weight is 219 g/mol. The van der Waals surface area contributed by atoms with Crippen molar-refractivity contribution in [2.45, 2.75) is 6.61 Å². The van der Waals surface area contributed by atoms with Crippen LogP contribution in [0, 0.1) is 0 Å². The minimum atomic E-state index is 0.368. The molecule has 0 aliphatic rings. The molecule has 0 saturated carbocycles. The quantitative estimate of drug-likeness (QED) is 0.775. The van der Waals surface area contributed by atoms with Gasteiger partial charge in [0.1, 0.15) is 4.60 Å². The summed E-state index contributed by atoms with van der Waals surface area (Å²) in [6.07, 6.45) is 0.738. The van der Waals surface area contributed by atoms with Gasteiger partial charge in [0.15, 0.2) is 6.29 Å². The van der Waals surface area contributed by atoms with E-state index >= 15 is 0 Å². The van der Waals surface area contributed by atoms with Crippen molar-refractivity contribution in [2.75, 3.05) is 7.11 Å². The van der Waals surface area contributed by atoms with Crippen LogP contribution in [0.4, 0.5) is 0 Å². The Kier molecular flexibility index (Phi) is 2.78. The fraction of sp³-hybridized carbons (Fsp3) is 0.333. The van der Waals surface area contributed by atoms with Gasteiger partial charge in [-0.1, -0.05) is 0 Å².